The number of carboxylic acid groups (broad SMARTS) is 1. The van der Waals surface area contributed by atoms with Crippen LogP contribution >= 0.6 is 0 Å². The summed E-state index contributed by atoms with van der Waals surface area (Å²) in [5.74, 6) is -0.287. The Balaban J connectivity index is 1.37. The van der Waals surface area contributed by atoms with Crippen molar-refractivity contribution in [3.05, 3.63) is 71.4 Å². The van der Waals surface area contributed by atoms with E-state index in [-0.39, 0.29) is 43.3 Å². The number of alkyl halides is 3. The largest absolute Gasteiger partial charge is 0.497 e. The summed E-state index contributed by atoms with van der Waals surface area (Å²) in [4.78, 5) is 30.4. The average molecular weight is 707 g/mol. The van der Waals surface area contributed by atoms with Crippen molar-refractivity contribution in [2.45, 2.75) is 63.3 Å². The van der Waals surface area contributed by atoms with Crippen molar-refractivity contribution in [1.82, 2.24) is 19.6 Å². The highest BCUT2D eigenvalue weighted by atomic mass is 32.2. The highest BCUT2D eigenvalue weighted by molar-refractivity contribution is 7.92. The zero-order chi connectivity index (χ0) is 35.4. The minimum atomic E-state index is -4.56. The van der Waals surface area contributed by atoms with Gasteiger partial charge in [0.05, 0.1) is 18.9 Å². The van der Waals surface area contributed by atoms with Gasteiger partial charge in [0.25, 0.3) is 0 Å². The van der Waals surface area contributed by atoms with Gasteiger partial charge in [-0.3, -0.25) is 14.4 Å². The fraction of sp³-hybridized carbons (Fsp3) is 0.485. The molecule has 2 aliphatic heterocycles. The lowest BCUT2D eigenvalue weighted by Gasteiger charge is -2.45. The third kappa shape index (κ3) is 9.03. The fourth-order valence-corrected chi connectivity index (χ4v) is 7.26. The van der Waals surface area contributed by atoms with E-state index >= 15 is 0 Å². The molecule has 2 saturated heterocycles. The Morgan fingerprint density at radius 3 is 2.41 bits per heavy atom. The van der Waals surface area contributed by atoms with Crippen LogP contribution in [0.15, 0.2) is 54.7 Å². The number of halogens is 3. The van der Waals surface area contributed by atoms with Crippen LogP contribution in [0.2, 0.25) is 0 Å². The topological polar surface area (TPSA) is 137 Å². The number of piperidine rings is 1. The van der Waals surface area contributed by atoms with Crippen LogP contribution in [0.3, 0.4) is 0 Å². The van der Waals surface area contributed by atoms with Crippen molar-refractivity contribution < 1.29 is 41.0 Å². The Morgan fingerprint density at radius 2 is 1.78 bits per heavy atom. The van der Waals surface area contributed by atoms with E-state index in [0.717, 1.165) is 42.0 Å². The number of carbonyl (C=O) groups is 2. The van der Waals surface area contributed by atoms with E-state index in [4.69, 9.17) is 4.74 Å². The number of hydrogen-bond acceptors (Lipinski definition) is 8. The number of carboxylic acids is 1. The first-order chi connectivity index (χ1) is 23.2. The van der Waals surface area contributed by atoms with Crippen molar-refractivity contribution >= 4 is 33.5 Å². The molecule has 0 unspecified atom stereocenters. The monoisotopic (exact) mass is 706 g/mol. The number of ether oxygens (including phenoxy) is 1. The molecule has 1 aromatic heterocycles. The van der Waals surface area contributed by atoms with Crippen LogP contribution in [0.1, 0.15) is 55.2 Å². The highest BCUT2D eigenvalue weighted by Crippen LogP contribution is 2.42. The van der Waals surface area contributed by atoms with Crippen molar-refractivity contribution in [2.75, 3.05) is 49.2 Å². The number of amides is 1. The van der Waals surface area contributed by atoms with Gasteiger partial charge in [-0.25, -0.2) is 13.2 Å². The first-order valence-corrected chi connectivity index (χ1v) is 17.9. The van der Waals surface area contributed by atoms with E-state index in [1.807, 2.05) is 17.0 Å². The summed E-state index contributed by atoms with van der Waals surface area (Å²) in [6, 6.07) is 12.1. The predicted octanol–water partition coefficient (Wildman–Crippen LogP) is 5.25. The minimum absolute atomic E-state index is 0.0441. The van der Waals surface area contributed by atoms with Gasteiger partial charge in [-0.2, -0.15) is 17.9 Å². The van der Waals surface area contributed by atoms with Crippen LogP contribution in [0.5, 0.6) is 5.75 Å². The van der Waals surface area contributed by atoms with E-state index in [1.165, 1.54) is 24.4 Å². The maximum absolute atomic E-state index is 14.0. The summed E-state index contributed by atoms with van der Waals surface area (Å²) in [6.45, 7) is 2.51. The molecule has 16 heteroatoms. The van der Waals surface area contributed by atoms with Crippen LogP contribution in [0, 0.1) is 0 Å². The maximum atomic E-state index is 14.0. The lowest BCUT2D eigenvalue weighted by Crippen LogP contribution is -2.53. The summed E-state index contributed by atoms with van der Waals surface area (Å²) in [7, 11) is -2.00. The molecule has 2 aromatic carbocycles. The number of aliphatic carboxylic acids is 1. The van der Waals surface area contributed by atoms with Gasteiger partial charge in [-0.05, 0) is 74.0 Å². The van der Waals surface area contributed by atoms with Crippen molar-refractivity contribution in [3.63, 3.8) is 0 Å². The lowest BCUT2D eigenvalue weighted by molar-refractivity contribution is -0.138. The number of methoxy groups -OCH3 is 1. The van der Waals surface area contributed by atoms with Gasteiger partial charge in [0, 0.05) is 62.6 Å². The lowest BCUT2D eigenvalue weighted by atomic mass is 9.84. The second-order valence-electron chi connectivity index (χ2n) is 12.6. The van der Waals surface area contributed by atoms with Gasteiger partial charge in [0.2, 0.25) is 10.0 Å². The summed E-state index contributed by atoms with van der Waals surface area (Å²) in [5, 5.41) is 13.3. The Hall–Kier alpha value is -4.31. The zero-order valence-corrected chi connectivity index (χ0v) is 28.3. The molecule has 2 aliphatic rings. The molecule has 1 amide bonds. The number of nitrogens with one attached hydrogen (secondary N) is 1. The number of likely N-dealkylation sites (tertiary alicyclic amines) is 2. The number of nitrogens with zero attached hydrogens (tertiary/aromatic N) is 5. The second kappa shape index (κ2) is 14.7. The van der Waals surface area contributed by atoms with Crippen molar-refractivity contribution in [1.29, 1.82) is 0 Å². The number of benzene rings is 2. The summed E-state index contributed by atoms with van der Waals surface area (Å²) in [6.07, 6.45) is 1.05. The van der Waals surface area contributed by atoms with E-state index in [0.29, 0.717) is 49.5 Å². The number of carbonyl (C=O) groups excluding carboxylic acids is 1. The fourth-order valence-electron chi connectivity index (χ4n) is 6.77. The Bertz CT molecular complexity index is 1740. The highest BCUT2D eigenvalue weighted by Gasteiger charge is 2.44. The number of aromatic nitrogens is 2. The summed E-state index contributed by atoms with van der Waals surface area (Å²) in [5.41, 5.74) is 0.918. The first kappa shape index (κ1) is 36.0. The van der Waals surface area contributed by atoms with Crippen LogP contribution in [0.4, 0.5) is 29.5 Å². The SMILES string of the molecule is COc1ccc(CN(CCCC(=O)O)c2cc(C(F)(F)F)ccc2CN2CCCC23CCN(C(=O)n2ccc(NS(C)(=O)=O)n2)CC3)cc1. The Labute approximate surface area is 283 Å². The van der Waals surface area contributed by atoms with Gasteiger partial charge in [-0.15, -0.1) is 5.10 Å². The molecule has 3 heterocycles. The van der Waals surface area contributed by atoms with Gasteiger partial charge >= 0.3 is 18.2 Å². The molecule has 2 N–H and O–H groups in total. The van der Waals surface area contributed by atoms with Gasteiger partial charge in [0.15, 0.2) is 5.82 Å². The van der Waals surface area contributed by atoms with E-state index in [9.17, 15) is 36.3 Å². The smallest absolute Gasteiger partial charge is 0.416 e. The molecule has 0 bridgehead atoms. The third-order valence-corrected chi connectivity index (χ3v) is 9.83. The molecule has 1 spiro atoms. The molecule has 0 atom stereocenters. The van der Waals surface area contributed by atoms with Crippen molar-refractivity contribution in [3.8, 4) is 5.75 Å². The average Bonchev–Trinajstić information content (AvgIpc) is 3.66. The van der Waals surface area contributed by atoms with Gasteiger partial charge < -0.3 is 19.6 Å². The molecule has 3 aromatic rings. The summed E-state index contributed by atoms with van der Waals surface area (Å²) >= 11 is 0. The van der Waals surface area contributed by atoms with Crippen LogP contribution in [-0.4, -0.2) is 90.2 Å². The zero-order valence-electron chi connectivity index (χ0n) is 27.4. The molecule has 0 saturated carbocycles. The standard InChI is InChI=1S/C33H41F3N6O6S/c1-48-27-10-6-24(7-11-27)22-40(16-3-5-30(43)44)28-21-26(33(34,35)36)9-8-25(28)23-41-17-4-13-32(41)14-19-39(20-15-32)31(45)42-18-12-29(37-42)38-49(2,46)47/h6-12,18,21H,3-5,13-17,19-20,22-23H2,1-2H3,(H,37,38)(H,43,44). The second-order valence-corrected chi connectivity index (χ2v) is 14.4. The quantitative estimate of drug-likeness (QED) is 0.259. The molecule has 0 aliphatic carbocycles. The molecule has 266 valence electrons. The van der Waals surface area contributed by atoms with Gasteiger partial charge in [-0.1, -0.05) is 18.2 Å². The Kier molecular flexibility index (Phi) is 10.8. The minimum Gasteiger partial charge on any atom is -0.497 e. The van der Waals surface area contributed by atoms with Crippen molar-refractivity contribution in [2.24, 2.45) is 0 Å². The summed E-state index contributed by atoms with van der Waals surface area (Å²) < 4.78 is 73.8. The van der Waals surface area contributed by atoms with Crippen LogP contribution < -0.4 is 14.4 Å². The molecule has 12 nitrogen and oxygen atoms in total. The van der Waals surface area contributed by atoms with E-state index in [2.05, 4.69) is 14.7 Å². The number of sulfonamides is 1. The predicted molar refractivity (Wildman–Crippen MR) is 177 cm³/mol. The van der Waals surface area contributed by atoms with Crippen LogP contribution in [0.25, 0.3) is 0 Å². The molecular formula is C33H41F3N6O6S. The molecule has 2 fully saturated rings. The Morgan fingerprint density at radius 1 is 1.06 bits per heavy atom. The number of anilines is 2. The van der Waals surface area contributed by atoms with E-state index < -0.39 is 27.7 Å². The van der Waals surface area contributed by atoms with Crippen LogP contribution in [-0.2, 0) is 34.1 Å². The maximum Gasteiger partial charge on any atom is 0.416 e. The number of rotatable bonds is 12. The molecular weight excluding hydrogens is 665 g/mol. The molecule has 5 rings (SSSR count). The van der Waals surface area contributed by atoms with E-state index in [1.54, 1.807) is 24.1 Å². The molecule has 49 heavy (non-hydrogen) atoms. The van der Waals surface area contributed by atoms with Gasteiger partial charge in [0.1, 0.15) is 5.75 Å². The number of hydrogen-bond donors (Lipinski definition) is 2. The first-order valence-electron chi connectivity index (χ1n) is 16.0. The molecule has 0 radical (unpaired) electrons. The normalized spacial score (nSPS) is 16.6. The third-order valence-electron chi connectivity index (χ3n) is 9.25.